The minimum Gasteiger partial charge on any atom is -0.508 e. The predicted molar refractivity (Wildman–Crippen MR) is 101 cm³/mol. The molecule has 8 nitrogen and oxygen atoms in total. The monoisotopic (exact) mass is 476 g/mol. The summed E-state index contributed by atoms with van der Waals surface area (Å²) in [5, 5.41) is 36.1. The number of nitrogens with two attached hydrogens (primary N) is 1. The third-order valence-electron chi connectivity index (χ3n) is 4.41. The van der Waals surface area contributed by atoms with Crippen molar-refractivity contribution in [2.45, 2.75) is 31.2 Å². The molecule has 1 heterocycles. The first-order valence-electron chi connectivity index (χ1n) is 8.60. The van der Waals surface area contributed by atoms with Crippen LogP contribution in [0.15, 0.2) is 12.1 Å². The normalized spacial score (nSPS) is 18.8. The largest absolute Gasteiger partial charge is 0.508 e. The summed E-state index contributed by atoms with van der Waals surface area (Å²) >= 11 is 11.8. The Morgan fingerprint density at radius 3 is 2.30 bits per heavy atom. The summed E-state index contributed by atoms with van der Waals surface area (Å²) in [7, 11) is 0. The Morgan fingerprint density at radius 1 is 1.27 bits per heavy atom. The molecule has 13 heteroatoms. The lowest BCUT2D eigenvalue weighted by molar-refractivity contribution is -0.192. The zero-order valence-corrected chi connectivity index (χ0v) is 17.0. The van der Waals surface area contributed by atoms with Gasteiger partial charge in [-0.05, 0) is 24.8 Å². The number of halogens is 5. The van der Waals surface area contributed by atoms with E-state index >= 15 is 0 Å². The highest BCUT2D eigenvalue weighted by molar-refractivity contribution is 6.42. The average Bonchev–Trinajstić information content (AvgIpc) is 2.68. The predicted octanol–water partition coefficient (Wildman–Crippen LogP) is 1.92. The lowest BCUT2D eigenvalue weighted by Gasteiger charge is -2.36. The lowest BCUT2D eigenvalue weighted by Crippen LogP contribution is -2.47. The number of hydrogen-bond donors (Lipinski definition) is 5. The average molecular weight is 477 g/mol. The fourth-order valence-electron chi connectivity index (χ4n) is 2.86. The Balaban J connectivity index is 0.000000553. The van der Waals surface area contributed by atoms with Gasteiger partial charge in [0.25, 0.3) is 5.91 Å². The Kier molecular flexibility index (Phi) is 9.63. The van der Waals surface area contributed by atoms with Crippen LogP contribution < -0.4 is 5.73 Å². The Labute approximate surface area is 179 Å². The Hall–Kier alpha value is -1.79. The number of alkyl halides is 3. The van der Waals surface area contributed by atoms with Crippen LogP contribution in [0.25, 0.3) is 0 Å². The highest BCUT2D eigenvalue weighted by Gasteiger charge is 2.38. The van der Waals surface area contributed by atoms with E-state index in [-0.39, 0.29) is 16.7 Å². The molecule has 1 aromatic carbocycles. The van der Waals surface area contributed by atoms with E-state index in [1.54, 1.807) is 0 Å². The van der Waals surface area contributed by atoms with Crippen molar-refractivity contribution in [3.05, 3.63) is 27.7 Å². The van der Waals surface area contributed by atoms with Crippen LogP contribution in [0, 0.1) is 5.92 Å². The number of aromatic hydroxyl groups is 1. The van der Waals surface area contributed by atoms with Crippen LogP contribution >= 0.6 is 23.2 Å². The smallest absolute Gasteiger partial charge is 0.490 e. The molecule has 0 aromatic heterocycles. The van der Waals surface area contributed by atoms with Crippen LogP contribution in [0.4, 0.5) is 13.2 Å². The molecular formula is C17H21Cl2F3N2O6. The zero-order chi connectivity index (χ0) is 23.2. The molecule has 0 bridgehead atoms. The number of carboxylic acids is 1. The minimum absolute atomic E-state index is 0.0363. The molecule has 1 saturated heterocycles. The summed E-state index contributed by atoms with van der Waals surface area (Å²) in [5.74, 6) is -3.40. The number of carbonyl (C=O) groups is 2. The zero-order valence-electron chi connectivity index (χ0n) is 15.4. The molecule has 1 aromatic rings. The quantitative estimate of drug-likeness (QED) is 0.446. The Bertz CT molecular complexity index is 766. The molecule has 1 aliphatic heterocycles. The number of aliphatic hydroxyl groups is 2. The van der Waals surface area contributed by atoms with Crippen molar-refractivity contribution >= 4 is 35.1 Å². The van der Waals surface area contributed by atoms with E-state index < -0.39 is 36.8 Å². The van der Waals surface area contributed by atoms with Gasteiger partial charge in [0.1, 0.15) is 5.75 Å². The maximum absolute atomic E-state index is 12.0. The van der Waals surface area contributed by atoms with Crippen molar-refractivity contribution in [3.8, 4) is 5.75 Å². The molecular weight excluding hydrogens is 456 g/mol. The number of amides is 1. The summed E-state index contributed by atoms with van der Waals surface area (Å²) in [6.45, 7) is 0.239. The molecule has 0 unspecified atom stereocenters. The number of phenolic OH excluding ortho intramolecular Hbond substituents is 1. The topological polar surface area (TPSA) is 144 Å². The first-order valence-corrected chi connectivity index (χ1v) is 9.36. The first-order chi connectivity index (χ1) is 13.8. The number of carboxylic acid groups (broad SMARTS) is 1. The van der Waals surface area contributed by atoms with Gasteiger partial charge in [-0.25, -0.2) is 4.79 Å². The minimum atomic E-state index is -5.08. The van der Waals surface area contributed by atoms with Gasteiger partial charge in [-0.3, -0.25) is 4.79 Å². The number of nitrogens with zero attached hydrogens (tertiary/aromatic N) is 1. The van der Waals surface area contributed by atoms with Crippen LogP contribution in [-0.4, -0.2) is 69.2 Å². The molecule has 0 radical (unpaired) electrons. The molecule has 1 amide bonds. The molecule has 1 aliphatic rings. The number of carbonyl (C=O) groups excluding carboxylic acids is 1. The number of benzene rings is 1. The van der Waals surface area contributed by atoms with Gasteiger partial charge in [-0.15, -0.1) is 0 Å². The van der Waals surface area contributed by atoms with Gasteiger partial charge in [0, 0.05) is 30.8 Å². The summed E-state index contributed by atoms with van der Waals surface area (Å²) in [5.41, 5.74) is 6.72. The van der Waals surface area contributed by atoms with E-state index in [0.717, 1.165) is 12.8 Å². The van der Waals surface area contributed by atoms with Gasteiger partial charge >= 0.3 is 12.1 Å². The number of hydrogen-bond acceptors (Lipinski definition) is 6. The second-order valence-corrected chi connectivity index (χ2v) is 7.35. The van der Waals surface area contributed by atoms with E-state index in [2.05, 4.69) is 0 Å². The molecule has 0 aliphatic carbocycles. The van der Waals surface area contributed by atoms with Crippen molar-refractivity contribution in [1.29, 1.82) is 0 Å². The fraction of sp³-hybridized carbons (Fsp3) is 0.529. The molecule has 0 spiro atoms. The highest BCUT2D eigenvalue weighted by Crippen LogP contribution is 2.37. The van der Waals surface area contributed by atoms with Gasteiger partial charge in [0.15, 0.2) is 6.10 Å². The third kappa shape index (κ3) is 7.17. The van der Waals surface area contributed by atoms with Crippen molar-refractivity contribution < 1.29 is 43.2 Å². The van der Waals surface area contributed by atoms with E-state index in [1.165, 1.54) is 17.0 Å². The van der Waals surface area contributed by atoms with Crippen molar-refractivity contribution in [2.75, 3.05) is 19.7 Å². The van der Waals surface area contributed by atoms with Crippen LogP contribution in [0.1, 0.15) is 24.4 Å². The molecule has 30 heavy (non-hydrogen) atoms. The molecule has 3 atom stereocenters. The van der Waals surface area contributed by atoms with Crippen LogP contribution in [0.2, 0.25) is 10.0 Å². The van der Waals surface area contributed by atoms with Gasteiger partial charge in [-0.1, -0.05) is 23.2 Å². The van der Waals surface area contributed by atoms with Crippen molar-refractivity contribution in [1.82, 2.24) is 4.90 Å². The number of aliphatic hydroxyl groups excluding tert-OH is 2. The summed E-state index contributed by atoms with van der Waals surface area (Å²) < 4.78 is 31.7. The van der Waals surface area contributed by atoms with Gasteiger partial charge in [0.05, 0.1) is 16.7 Å². The molecule has 1 fully saturated rings. The molecule has 2 rings (SSSR count). The van der Waals surface area contributed by atoms with E-state index in [0.29, 0.717) is 23.7 Å². The number of aliphatic carboxylic acids is 1. The van der Waals surface area contributed by atoms with Gasteiger partial charge < -0.3 is 31.1 Å². The second kappa shape index (κ2) is 11.0. The van der Waals surface area contributed by atoms with Gasteiger partial charge in [-0.2, -0.15) is 13.2 Å². The molecule has 0 saturated carbocycles. The standard InChI is InChI=1S/C15H20Cl2N2O4.C2HF3O2/c16-10-4-9(12(21)5-11(10)17)14(18)8-2-1-3-19(6-8)15(23)13(22)7-20;3-2(4,5)1(6)7/h4-5,8,13-14,20-22H,1-3,6-7,18H2;(H,6,7)/t8-,13-,14+;/m1./s1. The third-order valence-corrected chi connectivity index (χ3v) is 5.13. The first kappa shape index (κ1) is 26.2. The van der Waals surface area contributed by atoms with Crippen LogP contribution in [-0.2, 0) is 9.59 Å². The summed E-state index contributed by atoms with van der Waals surface area (Å²) in [4.78, 5) is 22.4. The number of rotatable bonds is 4. The highest BCUT2D eigenvalue weighted by atomic mass is 35.5. The Morgan fingerprint density at radius 2 is 1.80 bits per heavy atom. The number of phenols is 1. The van der Waals surface area contributed by atoms with Gasteiger partial charge in [0.2, 0.25) is 0 Å². The maximum atomic E-state index is 12.0. The van der Waals surface area contributed by atoms with Crippen LogP contribution in [0.3, 0.4) is 0 Å². The van der Waals surface area contributed by atoms with E-state index in [9.17, 15) is 28.2 Å². The molecule has 170 valence electrons. The molecule has 6 N–H and O–H groups in total. The van der Waals surface area contributed by atoms with Crippen molar-refractivity contribution in [3.63, 3.8) is 0 Å². The lowest BCUT2D eigenvalue weighted by atomic mass is 9.86. The van der Waals surface area contributed by atoms with E-state index in [4.69, 9.17) is 43.9 Å². The number of likely N-dealkylation sites (tertiary alicyclic amines) is 1. The van der Waals surface area contributed by atoms with E-state index in [1.807, 2.05) is 0 Å². The second-order valence-electron chi connectivity index (χ2n) is 6.54. The summed E-state index contributed by atoms with van der Waals surface area (Å²) in [6, 6.07) is 2.36. The van der Waals surface area contributed by atoms with Crippen molar-refractivity contribution in [2.24, 2.45) is 11.7 Å². The number of piperidine rings is 1. The fourth-order valence-corrected chi connectivity index (χ4v) is 3.19. The summed E-state index contributed by atoms with van der Waals surface area (Å²) in [6.07, 6.45) is -4.99. The maximum Gasteiger partial charge on any atom is 0.490 e. The van der Waals surface area contributed by atoms with Crippen LogP contribution in [0.5, 0.6) is 5.75 Å². The SMILES string of the molecule is N[C@H](c1cc(Cl)c(Cl)cc1O)[C@@H]1CCCN(C(=O)[C@H](O)CO)C1.O=C(O)C(F)(F)F.